The van der Waals surface area contributed by atoms with Gasteiger partial charge in [-0.3, -0.25) is 4.79 Å². The highest BCUT2D eigenvalue weighted by Crippen LogP contribution is 2.15. The van der Waals surface area contributed by atoms with E-state index in [1.807, 2.05) is 0 Å². The number of amides is 1. The molecular weight excluding hydrogens is 312 g/mol. The van der Waals surface area contributed by atoms with Gasteiger partial charge in [0, 0.05) is 36.9 Å². The van der Waals surface area contributed by atoms with E-state index >= 15 is 0 Å². The Labute approximate surface area is 139 Å². The Morgan fingerprint density at radius 3 is 2.74 bits per heavy atom. The average Bonchev–Trinajstić information content (AvgIpc) is 3.01. The third-order valence-corrected chi connectivity index (χ3v) is 4.88. The number of carbonyl (C=O) groups excluding carboxylic acids is 1. The van der Waals surface area contributed by atoms with Gasteiger partial charge in [-0.05, 0) is 30.4 Å². The first kappa shape index (κ1) is 15.9. The Morgan fingerprint density at radius 2 is 2.09 bits per heavy atom. The second-order valence-electron chi connectivity index (χ2n) is 5.40. The number of anilines is 1. The van der Waals surface area contributed by atoms with Crippen molar-refractivity contribution in [2.75, 3.05) is 37.7 Å². The molecule has 3 rings (SSSR count). The Morgan fingerprint density at radius 1 is 1.35 bits per heavy atom. The highest BCUT2D eigenvalue weighted by Gasteiger charge is 2.14. The molecule has 0 aromatic carbocycles. The largest absolute Gasteiger partial charge is 0.378 e. The van der Waals surface area contributed by atoms with Crippen molar-refractivity contribution >= 4 is 23.2 Å². The molecule has 1 saturated heterocycles. The molecule has 7 heteroatoms. The second-order valence-corrected chi connectivity index (χ2v) is 6.40. The molecule has 2 aromatic heterocycles. The van der Waals surface area contributed by atoms with Gasteiger partial charge in [-0.1, -0.05) is 0 Å². The molecule has 0 atom stereocenters. The standard InChI is InChI=1S/C16H20N4O2S/c1-12-3-9-23-14(12)2-4-17-15(21)13-10-18-16(19-11-13)20-5-7-22-8-6-20/h3,9-11H,2,4-8H2,1H3,(H,17,21). The molecule has 0 saturated carbocycles. The predicted molar refractivity (Wildman–Crippen MR) is 90.2 cm³/mol. The van der Waals surface area contributed by atoms with E-state index in [0.717, 1.165) is 19.5 Å². The van der Waals surface area contributed by atoms with Crippen molar-refractivity contribution in [1.82, 2.24) is 15.3 Å². The van der Waals surface area contributed by atoms with Crippen LogP contribution in [-0.2, 0) is 11.2 Å². The number of hydrogen-bond acceptors (Lipinski definition) is 6. The molecule has 0 radical (unpaired) electrons. The molecule has 1 N–H and O–H groups in total. The zero-order valence-electron chi connectivity index (χ0n) is 13.1. The number of rotatable bonds is 5. The summed E-state index contributed by atoms with van der Waals surface area (Å²) in [5, 5.41) is 4.99. The van der Waals surface area contributed by atoms with Crippen molar-refractivity contribution in [3.8, 4) is 0 Å². The van der Waals surface area contributed by atoms with E-state index in [4.69, 9.17) is 4.74 Å². The fourth-order valence-corrected chi connectivity index (χ4v) is 3.33. The lowest BCUT2D eigenvalue weighted by molar-refractivity contribution is 0.0953. The number of aromatic nitrogens is 2. The molecule has 1 aliphatic rings. The Hall–Kier alpha value is -1.99. The summed E-state index contributed by atoms with van der Waals surface area (Å²) in [6, 6.07) is 2.10. The molecule has 1 aliphatic heterocycles. The maximum absolute atomic E-state index is 12.1. The monoisotopic (exact) mass is 332 g/mol. The summed E-state index contributed by atoms with van der Waals surface area (Å²) in [7, 11) is 0. The van der Waals surface area contributed by atoms with Crippen LogP contribution in [0.25, 0.3) is 0 Å². The SMILES string of the molecule is Cc1ccsc1CCNC(=O)c1cnc(N2CCOCC2)nc1. The van der Waals surface area contributed by atoms with Crippen LogP contribution in [0.3, 0.4) is 0 Å². The van der Waals surface area contributed by atoms with Crippen LogP contribution in [0.2, 0.25) is 0 Å². The quantitative estimate of drug-likeness (QED) is 0.902. The lowest BCUT2D eigenvalue weighted by atomic mass is 10.2. The number of aryl methyl sites for hydroxylation is 1. The van der Waals surface area contributed by atoms with Gasteiger partial charge in [0.25, 0.3) is 5.91 Å². The van der Waals surface area contributed by atoms with Crippen LogP contribution in [0.1, 0.15) is 20.8 Å². The number of hydrogen-bond donors (Lipinski definition) is 1. The van der Waals surface area contributed by atoms with E-state index in [9.17, 15) is 4.79 Å². The molecule has 0 spiro atoms. The fraction of sp³-hybridized carbons (Fsp3) is 0.438. The molecule has 1 fully saturated rings. The van der Waals surface area contributed by atoms with Gasteiger partial charge >= 0.3 is 0 Å². The third-order valence-electron chi connectivity index (χ3n) is 3.80. The van der Waals surface area contributed by atoms with Crippen molar-refractivity contribution in [3.63, 3.8) is 0 Å². The zero-order chi connectivity index (χ0) is 16.1. The Balaban J connectivity index is 1.52. The van der Waals surface area contributed by atoms with Gasteiger partial charge < -0.3 is 15.0 Å². The van der Waals surface area contributed by atoms with E-state index in [1.54, 1.807) is 23.7 Å². The lowest BCUT2D eigenvalue weighted by Gasteiger charge is -2.26. The molecule has 122 valence electrons. The molecule has 6 nitrogen and oxygen atoms in total. The van der Waals surface area contributed by atoms with E-state index in [2.05, 4.69) is 38.6 Å². The van der Waals surface area contributed by atoms with E-state index in [-0.39, 0.29) is 5.91 Å². The summed E-state index contributed by atoms with van der Waals surface area (Å²) >= 11 is 1.72. The van der Waals surface area contributed by atoms with E-state index < -0.39 is 0 Å². The van der Waals surface area contributed by atoms with Crippen molar-refractivity contribution in [2.45, 2.75) is 13.3 Å². The van der Waals surface area contributed by atoms with Gasteiger partial charge in [0.05, 0.1) is 18.8 Å². The summed E-state index contributed by atoms with van der Waals surface area (Å²) in [5.41, 5.74) is 1.77. The lowest BCUT2D eigenvalue weighted by Crippen LogP contribution is -2.37. The zero-order valence-corrected chi connectivity index (χ0v) is 13.9. The molecule has 0 aliphatic carbocycles. The van der Waals surface area contributed by atoms with Crippen LogP contribution in [-0.4, -0.2) is 48.7 Å². The number of morpholine rings is 1. The van der Waals surface area contributed by atoms with Gasteiger partial charge in [-0.2, -0.15) is 0 Å². The van der Waals surface area contributed by atoms with Gasteiger partial charge in [-0.15, -0.1) is 11.3 Å². The highest BCUT2D eigenvalue weighted by molar-refractivity contribution is 7.10. The summed E-state index contributed by atoms with van der Waals surface area (Å²) in [5.74, 6) is 0.520. The number of nitrogens with zero attached hydrogens (tertiary/aromatic N) is 3. The predicted octanol–water partition coefficient (Wildman–Crippen LogP) is 1.66. The van der Waals surface area contributed by atoms with Gasteiger partial charge in [0.15, 0.2) is 0 Å². The summed E-state index contributed by atoms with van der Waals surface area (Å²) in [6.45, 7) is 5.65. The van der Waals surface area contributed by atoms with Crippen LogP contribution in [0.4, 0.5) is 5.95 Å². The molecular formula is C16H20N4O2S. The Bertz CT molecular complexity index is 650. The van der Waals surface area contributed by atoms with Crippen LogP contribution in [0.15, 0.2) is 23.8 Å². The summed E-state index contributed by atoms with van der Waals surface area (Å²) in [4.78, 5) is 24.1. The van der Waals surface area contributed by atoms with Crippen molar-refractivity contribution in [2.24, 2.45) is 0 Å². The molecule has 3 heterocycles. The van der Waals surface area contributed by atoms with Crippen molar-refractivity contribution < 1.29 is 9.53 Å². The normalized spacial score (nSPS) is 14.7. The summed E-state index contributed by atoms with van der Waals surface area (Å²) < 4.78 is 5.31. The average molecular weight is 332 g/mol. The van der Waals surface area contributed by atoms with Crippen LogP contribution < -0.4 is 10.2 Å². The first-order valence-electron chi connectivity index (χ1n) is 7.70. The van der Waals surface area contributed by atoms with E-state index in [0.29, 0.717) is 31.3 Å². The van der Waals surface area contributed by atoms with Crippen LogP contribution in [0.5, 0.6) is 0 Å². The number of nitrogens with one attached hydrogen (secondary N) is 1. The number of ether oxygens (including phenoxy) is 1. The smallest absolute Gasteiger partial charge is 0.254 e. The molecule has 23 heavy (non-hydrogen) atoms. The molecule has 2 aromatic rings. The summed E-state index contributed by atoms with van der Waals surface area (Å²) in [6.07, 6.45) is 4.02. The minimum absolute atomic E-state index is 0.132. The van der Waals surface area contributed by atoms with Crippen LogP contribution >= 0.6 is 11.3 Å². The Kier molecular flexibility index (Phi) is 5.19. The minimum atomic E-state index is -0.132. The highest BCUT2D eigenvalue weighted by atomic mass is 32.1. The third kappa shape index (κ3) is 4.05. The second kappa shape index (κ2) is 7.52. The first-order chi connectivity index (χ1) is 11.2. The minimum Gasteiger partial charge on any atom is -0.378 e. The first-order valence-corrected chi connectivity index (χ1v) is 8.58. The van der Waals surface area contributed by atoms with Crippen LogP contribution in [0, 0.1) is 6.92 Å². The topological polar surface area (TPSA) is 67.4 Å². The molecule has 0 unspecified atom stereocenters. The van der Waals surface area contributed by atoms with Gasteiger partial charge in [0.1, 0.15) is 0 Å². The molecule has 1 amide bonds. The van der Waals surface area contributed by atoms with E-state index in [1.165, 1.54) is 10.4 Å². The number of carbonyl (C=O) groups is 1. The fourth-order valence-electron chi connectivity index (χ4n) is 2.42. The van der Waals surface area contributed by atoms with Crippen molar-refractivity contribution in [1.29, 1.82) is 0 Å². The van der Waals surface area contributed by atoms with Crippen molar-refractivity contribution in [3.05, 3.63) is 39.8 Å². The maximum atomic E-state index is 12.1. The van der Waals surface area contributed by atoms with Gasteiger partial charge in [0.2, 0.25) is 5.95 Å². The molecule has 0 bridgehead atoms. The number of thiophene rings is 1. The van der Waals surface area contributed by atoms with Gasteiger partial charge in [-0.25, -0.2) is 9.97 Å². The maximum Gasteiger partial charge on any atom is 0.254 e.